The Bertz CT molecular complexity index is 353. The van der Waals surface area contributed by atoms with Gasteiger partial charge in [-0.25, -0.2) is 0 Å². The molecule has 0 aromatic carbocycles. The van der Waals surface area contributed by atoms with E-state index in [4.69, 9.17) is 0 Å². The number of carbonyl (C=O) groups excluding carboxylic acids is 1. The minimum Gasteiger partial charge on any atom is -0.353 e. The molecule has 1 amide bonds. The van der Waals surface area contributed by atoms with Gasteiger partial charge in [0.25, 0.3) is 0 Å². The van der Waals surface area contributed by atoms with Crippen LogP contribution >= 0.6 is 0 Å². The summed E-state index contributed by atoms with van der Waals surface area (Å²) in [5.74, 6) is 0.0479. The topological polar surface area (TPSA) is 54.0 Å². The second-order valence-electron chi connectivity index (χ2n) is 4.65. The van der Waals surface area contributed by atoms with E-state index in [0.29, 0.717) is 6.54 Å². The lowest BCUT2D eigenvalue weighted by molar-refractivity contribution is -0.121. The molecule has 4 nitrogen and oxygen atoms in total. The number of amides is 1. The number of nitrogens with zero attached hydrogens (tertiary/aromatic N) is 1. The van der Waals surface area contributed by atoms with E-state index in [0.717, 1.165) is 18.4 Å². The molecule has 0 radical (unpaired) electrons. The van der Waals surface area contributed by atoms with Gasteiger partial charge in [-0.3, -0.25) is 9.78 Å². The number of rotatable bonds is 7. The van der Waals surface area contributed by atoms with Crippen LogP contribution in [0.1, 0.15) is 45.2 Å². The molecule has 1 rings (SSSR count). The molecule has 0 bridgehead atoms. The van der Waals surface area contributed by atoms with E-state index in [1.54, 1.807) is 6.20 Å². The summed E-state index contributed by atoms with van der Waals surface area (Å²) in [5, 5.41) is 6.16. The summed E-state index contributed by atoms with van der Waals surface area (Å²) in [4.78, 5) is 15.7. The van der Waals surface area contributed by atoms with Crippen LogP contribution in [0, 0.1) is 0 Å². The van der Waals surface area contributed by atoms with Gasteiger partial charge in [-0.05, 0) is 31.9 Å². The standard InChI is InChI=1S/C14H23N3O/c1-4-6-11(2)17-14(18)10-16-12(3)13-7-5-8-15-9-13/h5,7-9,11-12,16H,4,6,10H2,1-3H3,(H,17,18)/t11?,12-/m0/s1. The van der Waals surface area contributed by atoms with Crippen LogP contribution in [0.15, 0.2) is 24.5 Å². The summed E-state index contributed by atoms with van der Waals surface area (Å²) >= 11 is 0. The molecule has 0 spiro atoms. The zero-order chi connectivity index (χ0) is 13.4. The molecule has 0 fully saturated rings. The van der Waals surface area contributed by atoms with Crippen molar-refractivity contribution >= 4 is 5.91 Å². The van der Waals surface area contributed by atoms with E-state index in [1.807, 2.05) is 32.2 Å². The van der Waals surface area contributed by atoms with Gasteiger partial charge in [0.1, 0.15) is 0 Å². The van der Waals surface area contributed by atoms with Gasteiger partial charge in [-0.15, -0.1) is 0 Å². The summed E-state index contributed by atoms with van der Waals surface area (Å²) < 4.78 is 0. The lowest BCUT2D eigenvalue weighted by atomic mass is 10.1. The fourth-order valence-electron chi connectivity index (χ4n) is 1.83. The second kappa shape index (κ2) is 7.82. The maximum absolute atomic E-state index is 11.7. The van der Waals surface area contributed by atoms with Crippen LogP contribution in [0.3, 0.4) is 0 Å². The van der Waals surface area contributed by atoms with Crippen molar-refractivity contribution in [3.63, 3.8) is 0 Å². The molecule has 0 aliphatic carbocycles. The average Bonchev–Trinajstić information content (AvgIpc) is 2.37. The van der Waals surface area contributed by atoms with Crippen LogP contribution in [0.5, 0.6) is 0 Å². The first kappa shape index (κ1) is 14.6. The number of pyridine rings is 1. The van der Waals surface area contributed by atoms with Gasteiger partial charge in [0.15, 0.2) is 0 Å². The highest BCUT2D eigenvalue weighted by Crippen LogP contribution is 2.08. The van der Waals surface area contributed by atoms with E-state index in [9.17, 15) is 4.79 Å². The predicted molar refractivity (Wildman–Crippen MR) is 73.2 cm³/mol. The Kier molecular flexibility index (Phi) is 6.36. The fraction of sp³-hybridized carbons (Fsp3) is 0.571. The summed E-state index contributed by atoms with van der Waals surface area (Å²) in [6, 6.07) is 4.28. The lowest BCUT2D eigenvalue weighted by Crippen LogP contribution is -2.39. The normalized spacial score (nSPS) is 13.9. The van der Waals surface area contributed by atoms with E-state index < -0.39 is 0 Å². The predicted octanol–water partition coefficient (Wildman–Crippen LogP) is 2.04. The van der Waals surface area contributed by atoms with Crippen LogP contribution in [0.4, 0.5) is 0 Å². The number of hydrogen-bond acceptors (Lipinski definition) is 3. The zero-order valence-corrected chi connectivity index (χ0v) is 11.4. The smallest absolute Gasteiger partial charge is 0.234 e. The van der Waals surface area contributed by atoms with Gasteiger partial charge >= 0.3 is 0 Å². The Hall–Kier alpha value is -1.42. The maximum atomic E-state index is 11.7. The van der Waals surface area contributed by atoms with Gasteiger partial charge in [0, 0.05) is 24.5 Å². The molecular formula is C14H23N3O. The van der Waals surface area contributed by atoms with E-state index in [-0.39, 0.29) is 18.0 Å². The first-order valence-electron chi connectivity index (χ1n) is 6.56. The molecular weight excluding hydrogens is 226 g/mol. The molecule has 2 atom stereocenters. The molecule has 1 heterocycles. The number of nitrogens with one attached hydrogen (secondary N) is 2. The van der Waals surface area contributed by atoms with E-state index in [1.165, 1.54) is 0 Å². The minimum atomic E-state index is 0.0479. The van der Waals surface area contributed by atoms with Crippen molar-refractivity contribution < 1.29 is 4.79 Å². The molecule has 18 heavy (non-hydrogen) atoms. The molecule has 0 aliphatic heterocycles. The highest BCUT2D eigenvalue weighted by molar-refractivity contribution is 5.78. The largest absolute Gasteiger partial charge is 0.353 e. The highest BCUT2D eigenvalue weighted by Gasteiger charge is 2.09. The van der Waals surface area contributed by atoms with Gasteiger partial charge < -0.3 is 10.6 Å². The molecule has 4 heteroatoms. The molecule has 0 saturated carbocycles. The lowest BCUT2D eigenvalue weighted by Gasteiger charge is -2.16. The quantitative estimate of drug-likeness (QED) is 0.777. The summed E-state index contributed by atoms with van der Waals surface area (Å²) in [6.07, 6.45) is 5.66. The Morgan fingerprint density at radius 3 is 2.83 bits per heavy atom. The Morgan fingerprint density at radius 2 is 2.22 bits per heavy atom. The van der Waals surface area contributed by atoms with Crippen molar-refractivity contribution in [2.45, 2.75) is 45.7 Å². The molecule has 0 aliphatic rings. The second-order valence-corrected chi connectivity index (χ2v) is 4.65. The fourth-order valence-corrected chi connectivity index (χ4v) is 1.83. The Morgan fingerprint density at radius 1 is 1.44 bits per heavy atom. The van der Waals surface area contributed by atoms with Crippen molar-refractivity contribution in [3.8, 4) is 0 Å². The first-order valence-corrected chi connectivity index (χ1v) is 6.56. The average molecular weight is 249 g/mol. The van der Waals surface area contributed by atoms with Gasteiger partial charge in [0.05, 0.1) is 6.54 Å². The number of carbonyl (C=O) groups is 1. The maximum Gasteiger partial charge on any atom is 0.234 e. The zero-order valence-electron chi connectivity index (χ0n) is 11.4. The molecule has 1 aromatic rings. The van der Waals surface area contributed by atoms with Crippen molar-refractivity contribution in [2.24, 2.45) is 0 Å². The number of hydrogen-bond donors (Lipinski definition) is 2. The molecule has 1 unspecified atom stereocenters. The van der Waals surface area contributed by atoms with Crippen LogP contribution in [0.2, 0.25) is 0 Å². The van der Waals surface area contributed by atoms with Crippen molar-refractivity contribution in [3.05, 3.63) is 30.1 Å². The molecule has 2 N–H and O–H groups in total. The van der Waals surface area contributed by atoms with Crippen LogP contribution in [0.25, 0.3) is 0 Å². The van der Waals surface area contributed by atoms with Crippen molar-refractivity contribution in [1.29, 1.82) is 0 Å². The van der Waals surface area contributed by atoms with Gasteiger partial charge in [-0.1, -0.05) is 19.4 Å². The third kappa shape index (κ3) is 5.27. The highest BCUT2D eigenvalue weighted by atomic mass is 16.1. The summed E-state index contributed by atoms with van der Waals surface area (Å²) in [5.41, 5.74) is 1.09. The first-order chi connectivity index (χ1) is 8.63. The third-order valence-corrected chi connectivity index (χ3v) is 2.88. The van der Waals surface area contributed by atoms with Crippen LogP contribution in [-0.2, 0) is 4.79 Å². The van der Waals surface area contributed by atoms with E-state index in [2.05, 4.69) is 22.5 Å². The minimum absolute atomic E-state index is 0.0479. The SMILES string of the molecule is CCCC(C)NC(=O)CN[C@@H](C)c1cccnc1. The Balaban J connectivity index is 2.30. The van der Waals surface area contributed by atoms with Crippen LogP contribution < -0.4 is 10.6 Å². The van der Waals surface area contributed by atoms with Crippen LogP contribution in [-0.4, -0.2) is 23.5 Å². The molecule has 100 valence electrons. The third-order valence-electron chi connectivity index (χ3n) is 2.88. The van der Waals surface area contributed by atoms with Gasteiger partial charge in [-0.2, -0.15) is 0 Å². The van der Waals surface area contributed by atoms with Crippen molar-refractivity contribution in [2.75, 3.05) is 6.54 Å². The monoisotopic (exact) mass is 249 g/mol. The Labute approximate surface area is 109 Å². The molecule has 1 aromatic heterocycles. The van der Waals surface area contributed by atoms with Gasteiger partial charge in [0.2, 0.25) is 5.91 Å². The number of aromatic nitrogens is 1. The summed E-state index contributed by atoms with van der Waals surface area (Å²) in [6.45, 7) is 6.52. The summed E-state index contributed by atoms with van der Waals surface area (Å²) in [7, 11) is 0. The van der Waals surface area contributed by atoms with E-state index >= 15 is 0 Å². The van der Waals surface area contributed by atoms with Crippen molar-refractivity contribution in [1.82, 2.24) is 15.6 Å². The molecule has 0 saturated heterocycles.